The molecule has 0 aliphatic rings. The van der Waals surface area contributed by atoms with Crippen molar-refractivity contribution in [2.45, 2.75) is 38.5 Å². The SMILES string of the molecule is Cc1ccc(S(=O)(=O)n2ccc3ccc(CCNC(=O)CC(C)C)cc32)cc1. The standard InChI is InChI=1S/C22H26N2O3S/c1-16(2)14-22(25)23-12-10-18-6-7-19-11-13-24(21(19)15-18)28(26,27)20-8-4-17(3)5-9-20/h4-9,11,13,15-16H,10,12,14H2,1-3H3,(H,23,25). The summed E-state index contributed by atoms with van der Waals surface area (Å²) in [6.07, 6.45) is 2.75. The number of nitrogens with zero attached hydrogens (tertiary/aromatic N) is 1. The van der Waals surface area contributed by atoms with Gasteiger partial charge in [0.15, 0.2) is 0 Å². The van der Waals surface area contributed by atoms with Crippen LogP contribution in [0.3, 0.4) is 0 Å². The van der Waals surface area contributed by atoms with E-state index in [1.807, 2.05) is 39.0 Å². The maximum absolute atomic E-state index is 13.0. The molecule has 1 aromatic heterocycles. The molecule has 0 fully saturated rings. The lowest BCUT2D eigenvalue weighted by molar-refractivity contribution is -0.121. The Kier molecular flexibility index (Phi) is 5.89. The van der Waals surface area contributed by atoms with Crippen molar-refractivity contribution in [3.05, 3.63) is 65.9 Å². The van der Waals surface area contributed by atoms with Crippen LogP contribution in [0.1, 0.15) is 31.4 Å². The topological polar surface area (TPSA) is 68.2 Å². The second-order valence-electron chi connectivity index (χ2n) is 7.52. The van der Waals surface area contributed by atoms with Crippen LogP contribution in [0.4, 0.5) is 0 Å². The number of aromatic nitrogens is 1. The van der Waals surface area contributed by atoms with Crippen LogP contribution in [0, 0.1) is 12.8 Å². The van der Waals surface area contributed by atoms with E-state index < -0.39 is 10.0 Å². The summed E-state index contributed by atoms with van der Waals surface area (Å²) in [5, 5.41) is 3.78. The van der Waals surface area contributed by atoms with Crippen molar-refractivity contribution < 1.29 is 13.2 Å². The minimum absolute atomic E-state index is 0.0430. The minimum atomic E-state index is -3.66. The molecule has 0 radical (unpaired) electrons. The number of rotatable bonds is 7. The van der Waals surface area contributed by atoms with Crippen LogP contribution >= 0.6 is 0 Å². The summed E-state index contributed by atoms with van der Waals surface area (Å²) in [4.78, 5) is 12.1. The van der Waals surface area contributed by atoms with Crippen molar-refractivity contribution in [3.63, 3.8) is 0 Å². The maximum atomic E-state index is 13.0. The zero-order valence-electron chi connectivity index (χ0n) is 16.5. The first-order valence-electron chi connectivity index (χ1n) is 9.46. The highest BCUT2D eigenvalue weighted by molar-refractivity contribution is 7.90. The Hall–Kier alpha value is -2.60. The fraction of sp³-hybridized carbons (Fsp3) is 0.318. The van der Waals surface area contributed by atoms with E-state index in [0.717, 1.165) is 16.5 Å². The van der Waals surface area contributed by atoms with E-state index in [-0.39, 0.29) is 10.8 Å². The fourth-order valence-corrected chi connectivity index (χ4v) is 4.47. The first kappa shape index (κ1) is 20.1. The normalized spacial score (nSPS) is 11.9. The van der Waals surface area contributed by atoms with Crippen LogP contribution in [0.15, 0.2) is 59.6 Å². The smallest absolute Gasteiger partial charge is 0.268 e. The highest BCUT2D eigenvalue weighted by Gasteiger charge is 2.18. The van der Waals surface area contributed by atoms with Crippen LogP contribution < -0.4 is 5.32 Å². The lowest BCUT2D eigenvalue weighted by Crippen LogP contribution is -2.26. The first-order valence-corrected chi connectivity index (χ1v) is 10.9. The highest BCUT2D eigenvalue weighted by atomic mass is 32.2. The quantitative estimate of drug-likeness (QED) is 0.656. The molecule has 148 valence electrons. The molecule has 0 unspecified atom stereocenters. The van der Waals surface area contributed by atoms with Crippen molar-refractivity contribution in [2.75, 3.05) is 6.54 Å². The number of hydrogen-bond acceptors (Lipinski definition) is 3. The van der Waals surface area contributed by atoms with Crippen LogP contribution in [-0.2, 0) is 21.2 Å². The molecule has 28 heavy (non-hydrogen) atoms. The molecule has 0 bridgehead atoms. The van der Waals surface area contributed by atoms with Gasteiger partial charge >= 0.3 is 0 Å². The van der Waals surface area contributed by atoms with E-state index in [1.54, 1.807) is 36.5 Å². The molecule has 3 aromatic rings. The number of carbonyl (C=O) groups is 1. The maximum Gasteiger partial charge on any atom is 0.268 e. The molecule has 0 spiro atoms. The lowest BCUT2D eigenvalue weighted by Gasteiger charge is -2.10. The molecule has 0 aliphatic carbocycles. The van der Waals surface area contributed by atoms with Gasteiger partial charge in [0.1, 0.15) is 0 Å². The summed E-state index contributed by atoms with van der Waals surface area (Å²) in [7, 11) is -3.66. The third-order valence-electron chi connectivity index (χ3n) is 4.63. The lowest BCUT2D eigenvalue weighted by atomic mass is 10.1. The second-order valence-corrected chi connectivity index (χ2v) is 9.34. The van der Waals surface area contributed by atoms with Gasteiger partial charge in [-0.2, -0.15) is 0 Å². The molecule has 3 rings (SSSR count). The zero-order valence-corrected chi connectivity index (χ0v) is 17.3. The summed E-state index contributed by atoms with van der Waals surface area (Å²) < 4.78 is 27.4. The van der Waals surface area contributed by atoms with Crippen molar-refractivity contribution in [1.29, 1.82) is 0 Å². The predicted molar refractivity (Wildman–Crippen MR) is 112 cm³/mol. The van der Waals surface area contributed by atoms with Crippen LogP contribution in [0.5, 0.6) is 0 Å². The van der Waals surface area contributed by atoms with Gasteiger partial charge in [-0.3, -0.25) is 4.79 Å². The summed E-state index contributed by atoms with van der Waals surface area (Å²) in [6, 6.07) is 14.4. The molecule has 0 saturated heterocycles. The third kappa shape index (κ3) is 4.44. The van der Waals surface area contributed by atoms with E-state index in [1.165, 1.54) is 3.97 Å². The van der Waals surface area contributed by atoms with Gasteiger partial charge in [0.2, 0.25) is 5.91 Å². The Labute approximate surface area is 166 Å². The van der Waals surface area contributed by atoms with Crippen LogP contribution in [-0.4, -0.2) is 24.8 Å². The van der Waals surface area contributed by atoms with Gasteiger partial charge in [-0.05, 0) is 49.1 Å². The van der Waals surface area contributed by atoms with Gasteiger partial charge in [-0.25, -0.2) is 12.4 Å². The summed E-state index contributed by atoms with van der Waals surface area (Å²) >= 11 is 0. The fourth-order valence-electron chi connectivity index (χ4n) is 3.13. The van der Waals surface area contributed by atoms with Crippen LogP contribution in [0.25, 0.3) is 10.9 Å². The van der Waals surface area contributed by atoms with E-state index in [4.69, 9.17) is 0 Å². The van der Waals surface area contributed by atoms with Crippen molar-refractivity contribution in [3.8, 4) is 0 Å². The van der Waals surface area contributed by atoms with E-state index >= 15 is 0 Å². The van der Waals surface area contributed by atoms with Crippen molar-refractivity contribution in [2.24, 2.45) is 5.92 Å². The predicted octanol–water partition coefficient (Wildman–Crippen LogP) is 3.89. The van der Waals surface area contributed by atoms with E-state index in [2.05, 4.69) is 5.32 Å². The molecule has 5 nitrogen and oxygen atoms in total. The number of fused-ring (bicyclic) bond motifs is 1. The minimum Gasteiger partial charge on any atom is -0.356 e. The molecule has 0 atom stereocenters. The summed E-state index contributed by atoms with van der Waals surface area (Å²) in [6.45, 7) is 6.47. The molecule has 1 amide bonds. The second kappa shape index (κ2) is 8.19. The Morgan fingerprint density at radius 2 is 1.79 bits per heavy atom. The molecule has 1 N–H and O–H groups in total. The van der Waals surface area contributed by atoms with Crippen LogP contribution in [0.2, 0.25) is 0 Å². The monoisotopic (exact) mass is 398 g/mol. The summed E-state index contributed by atoms with van der Waals surface area (Å²) in [5.41, 5.74) is 2.64. The van der Waals surface area contributed by atoms with E-state index in [0.29, 0.717) is 30.8 Å². The van der Waals surface area contributed by atoms with Gasteiger partial charge < -0.3 is 5.32 Å². The number of hydrogen-bond donors (Lipinski definition) is 1. The number of amides is 1. The molecule has 0 aliphatic heterocycles. The average molecular weight is 399 g/mol. The molecular weight excluding hydrogens is 372 g/mol. The average Bonchev–Trinajstić information content (AvgIpc) is 3.05. The highest BCUT2D eigenvalue weighted by Crippen LogP contribution is 2.23. The molecular formula is C22H26N2O3S. The number of aryl methyl sites for hydroxylation is 1. The molecule has 1 heterocycles. The summed E-state index contributed by atoms with van der Waals surface area (Å²) in [5.74, 6) is 0.369. The van der Waals surface area contributed by atoms with Gasteiger partial charge in [0, 0.05) is 24.5 Å². The van der Waals surface area contributed by atoms with Crippen molar-refractivity contribution in [1.82, 2.24) is 9.29 Å². The van der Waals surface area contributed by atoms with Gasteiger partial charge in [-0.1, -0.05) is 43.7 Å². The Bertz CT molecular complexity index is 1080. The van der Waals surface area contributed by atoms with E-state index in [9.17, 15) is 13.2 Å². The molecule has 2 aromatic carbocycles. The van der Waals surface area contributed by atoms with Gasteiger partial charge in [0.25, 0.3) is 10.0 Å². The zero-order chi connectivity index (χ0) is 20.3. The largest absolute Gasteiger partial charge is 0.356 e. The van der Waals surface area contributed by atoms with Gasteiger partial charge in [0.05, 0.1) is 10.4 Å². The number of nitrogens with one attached hydrogen (secondary N) is 1. The first-order chi connectivity index (χ1) is 13.3. The van der Waals surface area contributed by atoms with Crippen molar-refractivity contribution >= 4 is 26.8 Å². The number of benzene rings is 2. The molecule has 0 saturated carbocycles. The van der Waals surface area contributed by atoms with Gasteiger partial charge in [-0.15, -0.1) is 0 Å². The Morgan fingerprint density at radius 3 is 2.46 bits per heavy atom. The third-order valence-corrected chi connectivity index (χ3v) is 6.33. The number of carbonyl (C=O) groups excluding carboxylic acids is 1. The Balaban J connectivity index is 1.82. The molecule has 6 heteroatoms. The Morgan fingerprint density at radius 1 is 1.07 bits per heavy atom.